The van der Waals surface area contributed by atoms with Gasteiger partial charge in [-0.1, -0.05) is 57.2 Å². The second kappa shape index (κ2) is 11.5. The van der Waals surface area contributed by atoms with E-state index in [4.69, 9.17) is 4.99 Å². The van der Waals surface area contributed by atoms with Crippen LogP contribution in [0.1, 0.15) is 98.7 Å². The Labute approximate surface area is 248 Å². The Morgan fingerprint density at radius 3 is 2.40 bits per heavy atom. The first kappa shape index (κ1) is 30.4. The predicted octanol–water partition coefficient (Wildman–Crippen LogP) is 5.86. The summed E-state index contributed by atoms with van der Waals surface area (Å²) in [5.74, 6) is 0.107. The van der Waals surface area contributed by atoms with Crippen molar-refractivity contribution in [2.45, 2.75) is 84.2 Å². The number of carbonyl (C=O) groups excluding carboxylic acids is 2. The van der Waals surface area contributed by atoms with Crippen molar-refractivity contribution in [3.63, 3.8) is 0 Å². The number of aliphatic imine (C=N–C) groups is 1. The average molecular weight is 596 g/mol. The van der Waals surface area contributed by atoms with Crippen molar-refractivity contribution in [1.29, 1.82) is 0 Å². The number of alkyl halides is 3. The molecule has 1 aliphatic carbocycles. The lowest BCUT2D eigenvalue weighted by Crippen LogP contribution is -2.51. The molecule has 2 amide bonds. The molecule has 1 saturated carbocycles. The fourth-order valence-corrected chi connectivity index (χ4v) is 6.32. The van der Waals surface area contributed by atoms with E-state index in [2.05, 4.69) is 46.7 Å². The summed E-state index contributed by atoms with van der Waals surface area (Å²) in [7, 11) is 0. The molecule has 0 bridgehead atoms. The molecule has 9 nitrogen and oxygen atoms in total. The molecule has 2 aromatic carbocycles. The number of aromatic nitrogens is 4. The minimum absolute atomic E-state index is 0.0659. The number of tetrazole rings is 1. The van der Waals surface area contributed by atoms with Gasteiger partial charge in [0.05, 0.1) is 18.2 Å². The minimum atomic E-state index is -4.54. The third kappa shape index (κ3) is 6.18. The van der Waals surface area contributed by atoms with Gasteiger partial charge in [-0.15, -0.1) is 10.2 Å². The Hall–Kier alpha value is -4.09. The molecule has 1 spiro atoms. The van der Waals surface area contributed by atoms with Crippen molar-refractivity contribution in [2.75, 3.05) is 0 Å². The standard InChI is InChI=1S/C31H36F3N7O2/c1-5-24(19-9-11-20(12-10-19)27(42)35-18-25-37-39-40-38-25)41-28(43)26(21-7-6-8-23(17-21)31(32,33)34)36-30(41)15-13-22(14-16-30)29(2,3)4/h6-12,17,22,24H,5,13-16,18H2,1-4H3,(H,35,42)(H,37,38,39,40). The van der Waals surface area contributed by atoms with E-state index in [0.717, 1.165) is 30.5 Å². The van der Waals surface area contributed by atoms with E-state index in [1.807, 2.05) is 19.1 Å². The number of H-pyrrole nitrogens is 1. The van der Waals surface area contributed by atoms with Gasteiger partial charge in [-0.3, -0.25) is 14.6 Å². The van der Waals surface area contributed by atoms with E-state index in [9.17, 15) is 22.8 Å². The van der Waals surface area contributed by atoms with Crippen LogP contribution in [0.15, 0.2) is 53.5 Å². The van der Waals surface area contributed by atoms with E-state index in [0.29, 0.717) is 36.6 Å². The Balaban J connectivity index is 1.46. The monoisotopic (exact) mass is 595 g/mol. The van der Waals surface area contributed by atoms with E-state index in [-0.39, 0.29) is 41.1 Å². The van der Waals surface area contributed by atoms with Crippen LogP contribution in [0, 0.1) is 11.3 Å². The number of halogens is 3. The lowest BCUT2D eigenvalue weighted by atomic mass is 9.69. The van der Waals surface area contributed by atoms with Gasteiger partial charge in [0.1, 0.15) is 11.4 Å². The molecule has 2 heterocycles. The molecule has 2 aliphatic rings. The fourth-order valence-electron chi connectivity index (χ4n) is 6.32. The summed E-state index contributed by atoms with van der Waals surface area (Å²) in [5.41, 5.74) is -0.0973. The highest BCUT2D eigenvalue weighted by molar-refractivity contribution is 6.46. The number of amides is 2. The van der Waals surface area contributed by atoms with Crippen LogP contribution >= 0.6 is 0 Å². The zero-order valence-corrected chi connectivity index (χ0v) is 24.7. The summed E-state index contributed by atoms with van der Waals surface area (Å²) in [5, 5.41) is 16.2. The number of aromatic amines is 1. The van der Waals surface area contributed by atoms with Crippen molar-refractivity contribution in [2.24, 2.45) is 16.3 Å². The van der Waals surface area contributed by atoms with Crippen LogP contribution in [0.2, 0.25) is 0 Å². The van der Waals surface area contributed by atoms with Gasteiger partial charge in [0, 0.05) is 11.1 Å². The zero-order chi connectivity index (χ0) is 31.0. The number of benzene rings is 2. The smallest absolute Gasteiger partial charge is 0.345 e. The SMILES string of the molecule is CCC(c1ccc(C(=O)NCc2nn[nH]n2)cc1)N1C(=O)C(c2cccc(C(F)(F)F)c2)=NC12CCC(C(C)(C)C)CC2. The van der Waals surface area contributed by atoms with Gasteiger partial charge in [0.2, 0.25) is 0 Å². The maximum atomic E-state index is 14.2. The molecule has 228 valence electrons. The second-order valence-corrected chi connectivity index (χ2v) is 12.4. The highest BCUT2D eigenvalue weighted by Gasteiger charge is 2.52. The molecule has 5 rings (SSSR count). The number of hydrogen-bond acceptors (Lipinski definition) is 6. The van der Waals surface area contributed by atoms with Gasteiger partial charge < -0.3 is 10.2 Å². The van der Waals surface area contributed by atoms with Crippen molar-refractivity contribution in [3.8, 4) is 0 Å². The van der Waals surface area contributed by atoms with Gasteiger partial charge in [-0.05, 0) is 73.3 Å². The Bertz CT molecular complexity index is 1490. The predicted molar refractivity (Wildman–Crippen MR) is 154 cm³/mol. The van der Waals surface area contributed by atoms with E-state index < -0.39 is 17.4 Å². The quantitative estimate of drug-likeness (QED) is 0.355. The first-order valence-electron chi connectivity index (χ1n) is 14.5. The summed E-state index contributed by atoms with van der Waals surface area (Å²) in [6.45, 7) is 8.71. The molecule has 1 atom stereocenters. The third-order valence-electron chi connectivity index (χ3n) is 8.72. The number of nitrogens with zero attached hydrogens (tertiary/aromatic N) is 5. The van der Waals surface area contributed by atoms with Crippen LogP contribution in [-0.2, 0) is 17.5 Å². The average Bonchev–Trinajstić information content (AvgIpc) is 3.59. The van der Waals surface area contributed by atoms with Crippen molar-refractivity contribution in [1.82, 2.24) is 30.8 Å². The van der Waals surface area contributed by atoms with Crippen molar-refractivity contribution >= 4 is 17.5 Å². The van der Waals surface area contributed by atoms with Crippen LogP contribution < -0.4 is 5.32 Å². The zero-order valence-electron chi connectivity index (χ0n) is 24.7. The highest BCUT2D eigenvalue weighted by Crippen LogP contribution is 2.49. The van der Waals surface area contributed by atoms with Crippen molar-refractivity contribution in [3.05, 3.63) is 76.6 Å². The molecule has 0 radical (unpaired) electrons. The van der Waals surface area contributed by atoms with Gasteiger partial charge in [-0.25, -0.2) is 0 Å². The molecule has 2 N–H and O–H groups in total. The molecule has 1 aliphatic heterocycles. The number of rotatable bonds is 7. The Morgan fingerprint density at radius 1 is 1.12 bits per heavy atom. The minimum Gasteiger partial charge on any atom is -0.345 e. The lowest BCUT2D eigenvalue weighted by Gasteiger charge is -2.47. The molecular formula is C31H36F3N7O2. The van der Waals surface area contributed by atoms with Crippen LogP contribution in [0.3, 0.4) is 0 Å². The summed E-state index contributed by atoms with van der Waals surface area (Å²) in [4.78, 5) is 33.7. The Kier molecular flexibility index (Phi) is 8.15. The van der Waals surface area contributed by atoms with Gasteiger partial charge in [0.25, 0.3) is 11.8 Å². The normalized spacial score (nSPS) is 21.7. The van der Waals surface area contributed by atoms with Gasteiger partial charge in [0.15, 0.2) is 5.82 Å². The molecule has 1 aromatic heterocycles. The topological polar surface area (TPSA) is 116 Å². The summed E-state index contributed by atoms with van der Waals surface area (Å²) >= 11 is 0. The maximum absolute atomic E-state index is 14.2. The van der Waals surface area contributed by atoms with E-state index in [1.165, 1.54) is 12.1 Å². The van der Waals surface area contributed by atoms with Crippen molar-refractivity contribution < 1.29 is 22.8 Å². The summed E-state index contributed by atoms with van der Waals surface area (Å²) in [6, 6.07) is 11.5. The maximum Gasteiger partial charge on any atom is 0.416 e. The van der Waals surface area contributed by atoms with E-state index >= 15 is 0 Å². The van der Waals surface area contributed by atoms with Crippen LogP contribution in [0.5, 0.6) is 0 Å². The molecular weight excluding hydrogens is 559 g/mol. The fraction of sp³-hybridized carbons (Fsp3) is 0.484. The molecule has 12 heteroatoms. The second-order valence-electron chi connectivity index (χ2n) is 12.4. The van der Waals surface area contributed by atoms with Gasteiger partial charge >= 0.3 is 6.18 Å². The van der Waals surface area contributed by atoms with Crippen LogP contribution in [0.25, 0.3) is 0 Å². The van der Waals surface area contributed by atoms with Crippen LogP contribution in [-0.4, -0.2) is 48.7 Å². The molecule has 1 fully saturated rings. The Morgan fingerprint density at radius 2 is 1.81 bits per heavy atom. The van der Waals surface area contributed by atoms with Crippen LogP contribution in [0.4, 0.5) is 13.2 Å². The molecule has 43 heavy (non-hydrogen) atoms. The lowest BCUT2D eigenvalue weighted by molar-refractivity contribution is -0.137. The highest BCUT2D eigenvalue weighted by atomic mass is 19.4. The molecule has 3 aromatic rings. The first-order chi connectivity index (χ1) is 20.3. The largest absolute Gasteiger partial charge is 0.416 e. The summed E-state index contributed by atoms with van der Waals surface area (Å²) in [6.07, 6.45) is -1.03. The van der Waals surface area contributed by atoms with Gasteiger partial charge in [-0.2, -0.15) is 18.4 Å². The number of hydrogen-bond donors (Lipinski definition) is 2. The molecule has 1 unspecified atom stereocenters. The first-order valence-corrected chi connectivity index (χ1v) is 14.5. The third-order valence-corrected chi connectivity index (χ3v) is 8.72. The van der Waals surface area contributed by atoms with E-state index in [1.54, 1.807) is 17.0 Å². The molecule has 0 saturated heterocycles. The number of nitrogens with one attached hydrogen (secondary N) is 2. The summed E-state index contributed by atoms with van der Waals surface area (Å²) < 4.78 is 40.7. The number of carbonyl (C=O) groups is 2.